The van der Waals surface area contributed by atoms with Gasteiger partial charge in [0.15, 0.2) is 11.5 Å². The second-order valence-electron chi connectivity index (χ2n) is 5.34. The van der Waals surface area contributed by atoms with Crippen LogP contribution in [-0.4, -0.2) is 45.4 Å². The van der Waals surface area contributed by atoms with Crippen molar-refractivity contribution < 1.29 is 18.4 Å². The highest BCUT2D eigenvalue weighted by atomic mass is 19.3. The molecule has 2 aromatic heterocycles. The zero-order valence-electron chi connectivity index (χ0n) is 12.1. The van der Waals surface area contributed by atoms with Crippen molar-refractivity contribution in [3.05, 3.63) is 23.5 Å². The number of amides is 2. The molecule has 0 unspecified atom stereocenters. The van der Waals surface area contributed by atoms with Gasteiger partial charge in [0.1, 0.15) is 11.3 Å². The molecule has 1 aliphatic carbocycles. The predicted octanol–water partition coefficient (Wildman–Crippen LogP) is 0.397. The van der Waals surface area contributed by atoms with Crippen LogP contribution in [0.3, 0.4) is 0 Å². The number of hydrogen-bond acceptors (Lipinski definition) is 5. The Kier molecular flexibility index (Phi) is 3.38. The fraction of sp³-hybridized carbons (Fsp3) is 0.385. The molecule has 1 aliphatic rings. The van der Waals surface area contributed by atoms with E-state index in [9.17, 15) is 18.4 Å². The number of fused-ring (bicyclic) bond motifs is 1. The van der Waals surface area contributed by atoms with Crippen molar-refractivity contribution in [3.63, 3.8) is 0 Å². The number of rotatable bonds is 4. The number of carbonyl (C=O) groups is 2. The van der Waals surface area contributed by atoms with Gasteiger partial charge >= 0.3 is 0 Å². The number of aromatic nitrogens is 3. The van der Waals surface area contributed by atoms with E-state index >= 15 is 0 Å². The van der Waals surface area contributed by atoms with E-state index < -0.39 is 23.8 Å². The summed E-state index contributed by atoms with van der Waals surface area (Å²) in [5.41, 5.74) is 5.56. The molecule has 1 saturated carbocycles. The Morgan fingerprint density at radius 3 is 2.70 bits per heavy atom. The van der Waals surface area contributed by atoms with Crippen LogP contribution in [0.4, 0.5) is 14.6 Å². The normalized spacial score (nSPS) is 16.8. The maximum atomic E-state index is 12.8. The molecule has 0 aliphatic heterocycles. The molecule has 2 amide bonds. The molecular formula is C13H14F2N6O2. The van der Waals surface area contributed by atoms with Crippen LogP contribution in [0.1, 0.15) is 33.7 Å². The molecule has 2 heterocycles. The van der Waals surface area contributed by atoms with Crippen LogP contribution in [0.25, 0.3) is 5.65 Å². The molecule has 1 fully saturated rings. The summed E-state index contributed by atoms with van der Waals surface area (Å²) in [5.74, 6) is -3.86. The van der Waals surface area contributed by atoms with E-state index in [2.05, 4.69) is 20.7 Å². The molecule has 4 N–H and O–H groups in total. The fourth-order valence-electron chi connectivity index (χ4n) is 2.54. The van der Waals surface area contributed by atoms with Gasteiger partial charge in [-0.05, 0) is 6.07 Å². The Hall–Kier alpha value is -2.78. The molecule has 0 radical (unpaired) electrons. The van der Waals surface area contributed by atoms with E-state index in [0.717, 1.165) is 4.52 Å². The van der Waals surface area contributed by atoms with E-state index in [1.807, 2.05) is 0 Å². The average Bonchev–Trinajstić information content (AvgIpc) is 2.83. The predicted molar refractivity (Wildman–Crippen MR) is 76.5 cm³/mol. The third-order valence-corrected chi connectivity index (χ3v) is 3.66. The van der Waals surface area contributed by atoms with Gasteiger partial charge in [0, 0.05) is 32.1 Å². The summed E-state index contributed by atoms with van der Waals surface area (Å²) in [5, 5.41) is 9.30. The Bertz CT molecular complexity index is 795. The van der Waals surface area contributed by atoms with Crippen LogP contribution in [0.15, 0.2) is 12.3 Å². The van der Waals surface area contributed by atoms with Crippen molar-refractivity contribution in [1.29, 1.82) is 0 Å². The number of nitrogens with zero attached hydrogens (tertiary/aromatic N) is 3. The minimum Gasteiger partial charge on any atom is -0.371 e. The van der Waals surface area contributed by atoms with Gasteiger partial charge in [-0.25, -0.2) is 18.3 Å². The first-order valence-corrected chi connectivity index (χ1v) is 6.86. The summed E-state index contributed by atoms with van der Waals surface area (Å²) in [4.78, 5) is 27.8. The molecule has 3 rings (SSSR count). The molecule has 0 aromatic carbocycles. The quantitative estimate of drug-likeness (QED) is 0.753. The zero-order chi connectivity index (χ0) is 16.8. The van der Waals surface area contributed by atoms with Crippen LogP contribution in [-0.2, 0) is 0 Å². The van der Waals surface area contributed by atoms with Crippen molar-refractivity contribution in [2.45, 2.75) is 24.8 Å². The maximum Gasteiger partial charge on any atom is 0.270 e. The highest BCUT2D eigenvalue weighted by molar-refractivity contribution is 6.04. The molecule has 23 heavy (non-hydrogen) atoms. The van der Waals surface area contributed by atoms with E-state index in [-0.39, 0.29) is 35.6 Å². The lowest BCUT2D eigenvalue weighted by Crippen LogP contribution is -2.50. The van der Waals surface area contributed by atoms with Gasteiger partial charge in [-0.3, -0.25) is 9.59 Å². The topological polar surface area (TPSA) is 114 Å². The number of hydrogen-bond donors (Lipinski definition) is 3. The van der Waals surface area contributed by atoms with Crippen LogP contribution in [0, 0.1) is 0 Å². The van der Waals surface area contributed by atoms with Crippen molar-refractivity contribution in [1.82, 2.24) is 19.9 Å². The van der Waals surface area contributed by atoms with Crippen LogP contribution in [0.5, 0.6) is 0 Å². The first kappa shape index (κ1) is 15.1. The van der Waals surface area contributed by atoms with Crippen molar-refractivity contribution in [2.24, 2.45) is 5.73 Å². The SMILES string of the molecule is CNc1nn2c(C(=O)NC3CC(F)(F)C3)ccnc2c1C(N)=O. The van der Waals surface area contributed by atoms with Crippen LogP contribution >= 0.6 is 0 Å². The third kappa shape index (κ3) is 2.56. The number of carbonyl (C=O) groups excluding carboxylic acids is 2. The van der Waals surface area contributed by atoms with Gasteiger partial charge in [0.25, 0.3) is 17.7 Å². The second kappa shape index (κ2) is 5.14. The van der Waals surface area contributed by atoms with Crippen molar-refractivity contribution >= 4 is 23.3 Å². The van der Waals surface area contributed by atoms with Crippen molar-refractivity contribution in [2.75, 3.05) is 12.4 Å². The first-order chi connectivity index (χ1) is 10.8. The van der Waals surface area contributed by atoms with E-state index in [1.165, 1.54) is 12.3 Å². The number of halogens is 2. The molecule has 0 atom stereocenters. The highest BCUT2D eigenvalue weighted by Gasteiger charge is 2.46. The number of anilines is 1. The van der Waals surface area contributed by atoms with E-state index in [4.69, 9.17) is 5.73 Å². The minimum atomic E-state index is -2.73. The standard InChI is InChI=1S/C13H14F2N6O2/c1-17-10-8(9(16)22)11-18-3-2-7(21(11)20-10)12(23)19-6-4-13(14,15)5-6/h2-3,6H,4-5H2,1H3,(H2,16,22)(H,17,20)(H,19,23). The second-order valence-corrected chi connectivity index (χ2v) is 5.34. The van der Waals surface area contributed by atoms with Crippen molar-refractivity contribution in [3.8, 4) is 0 Å². The lowest BCUT2D eigenvalue weighted by Gasteiger charge is -2.35. The number of nitrogens with one attached hydrogen (secondary N) is 2. The summed E-state index contributed by atoms with van der Waals surface area (Å²) in [6.07, 6.45) is 0.550. The molecule has 2 aromatic rings. The Balaban J connectivity index is 1.95. The van der Waals surface area contributed by atoms with Crippen LogP contribution < -0.4 is 16.4 Å². The van der Waals surface area contributed by atoms with Gasteiger partial charge in [0.2, 0.25) is 0 Å². The Morgan fingerprint density at radius 1 is 1.43 bits per heavy atom. The smallest absolute Gasteiger partial charge is 0.270 e. The zero-order valence-corrected chi connectivity index (χ0v) is 12.1. The lowest BCUT2D eigenvalue weighted by atomic mass is 9.88. The summed E-state index contributed by atoms with van der Waals surface area (Å²) in [7, 11) is 1.55. The molecule has 122 valence electrons. The summed E-state index contributed by atoms with van der Waals surface area (Å²) in [6, 6.07) is 0.798. The van der Waals surface area contributed by atoms with Gasteiger partial charge < -0.3 is 16.4 Å². The minimum absolute atomic E-state index is 0.0531. The molecule has 8 nitrogen and oxygen atoms in total. The number of primary amides is 1. The average molecular weight is 324 g/mol. The third-order valence-electron chi connectivity index (χ3n) is 3.66. The molecule has 0 bridgehead atoms. The molecular weight excluding hydrogens is 310 g/mol. The Morgan fingerprint density at radius 2 is 2.13 bits per heavy atom. The van der Waals surface area contributed by atoms with Gasteiger partial charge in [-0.1, -0.05) is 0 Å². The number of alkyl halides is 2. The molecule has 0 saturated heterocycles. The summed E-state index contributed by atoms with van der Waals surface area (Å²) >= 11 is 0. The van der Waals surface area contributed by atoms with E-state index in [0.29, 0.717) is 0 Å². The van der Waals surface area contributed by atoms with E-state index in [1.54, 1.807) is 7.05 Å². The molecule has 0 spiro atoms. The first-order valence-electron chi connectivity index (χ1n) is 6.86. The van der Waals surface area contributed by atoms with Gasteiger partial charge in [0.05, 0.1) is 0 Å². The molecule has 10 heteroatoms. The summed E-state index contributed by atoms with van der Waals surface area (Å²) in [6.45, 7) is 0. The largest absolute Gasteiger partial charge is 0.371 e. The Labute approximate surface area is 129 Å². The fourth-order valence-corrected chi connectivity index (χ4v) is 2.54. The number of nitrogens with two attached hydrogens (primary N) is 1. The highest BCUT2D eigenvalue weighted by Crippen LogP contribution is 2.37. The lowest BCUT2D eigenvalue weighted by molar-refractivity contribution is -0.0901. The maximum absolute atomic E-state index is 12.8. The van der Waals surface area contributed by atoms with Gasteiger partial charge in [-0.2, -0.15) is 0 Å². The summed E-state index contributed by atoms with van der Waals surface area (Å²) < 4.78 is 26.9. The van der Waals surface area contributed by atoms with Crippen LogP contribution in [0.2, 0.25) is 0 Å². The monoisotopic (exact) mass is 324 g/mol. The van der Waals surface area contributed by atoms with Gasteiger partial charge in [-0.15, -0.1) is 5.10 Å².